The fourth-order valence-electron chi connectivity index (χ4n) is 1.79. The molecule has 1 aromatic heterocycles. The minimum atomic E-state index is 0.101. The van der Waals surface area contributed by atoms with E-state index in [1.54, 1.807) is 11.3 Å². The number of hydrogen-bond donors (Lipinski definition) is 0. The van der Waals surface area contributed by atoms with Gasteiger partial charge in [0.15, 0.2) is 0 Å². The summed E-state index contributed by atoms with van der Waals surface area (Å²) in [5.41, 5.74) is 0. The van der Waals surface area contributed by atoms with E-state index in [-0.39, 0.29) is 6.10 Å². The Kier molecular flexibility index (Phi) is 5.25. The first-order valence-electron chi connectivity index (χ1n) is 6.25. The molecule has 0 bridgehead atoms. The molecule has 2 nitrogen and oxygen atoms in total. The molecule has 4 heteroatoms. The van der Waals surface area contributed by atoms with Crippen LogP contribution >= 0.6 is 22.9 Å². The molecule has 0 radical (unpaired) electrons. The lowest BCUT2D eigenvalue weighted by Crippen LogP contribution is -2.18. The Balaban J connectivity index is 2.07. The van der Waals surface area contributed by atoms with Gasteiger partial charge in [-0.25, -0.2) is 0 Å². The zero-order valence-electron chi connectivity index (χ0n) is 11.2. The fourth-order valence-corrected chi connectivity index (χ4v) is 2.70. The van der Waals surface area contributed by atoms with E-state index in [1.165, 1.54) is 4.88 Å². The maximum absolute atomic E-state index is 6.09. The molecular formula is C15H18ClNOS. The highest BCUT2D eigenvalue weighted by Crippen LogP contribution is 2.28. The van der Waals surface area contributed by atoms with E-state index in [0.29, 0.717) is 0 Å². The molecule has 1 unspecified atom stereocenters. The van der Waals surface area contributed by atoms with E-state index in [1.807, 2.05) is 24.3 Å². The number of thiophene rings is 1. The van der Waals surface area contributed by atoms with Crippen LogP contribution in [0.4, 0.5) is 0 Å². The third kappa shape index (κ3) is 4.53. The van der Waals surface area contributed by atoms with Gasteiger partial charge < -0.3 is 9.64 Å². The second kappa shape index (κ2) is 6.94. The Hall–Kier alpha value is -1.03. The van der Waals surface area contributed by atoms with Crippen molar-refractivity contribution in [3.63, 3.8) is 0 Å². The predicted octanol–water partition coefficient (Wildman–Crippen LogP) is 4.47. The summed E-state index contributed by atoms with van der Waals surface area (Å²) in [7, 11) is 4.15. The lowest BCUT2D eigenvalue weighted by Gasteiger charge is -2.20. The van der Waals surface area contributed by atoms with Crippen LogP contribution in [0.3, 0.4) is 0 Å². The minimum Gasteiger partial charge on any atom is -0.485 e. The number of hydrogen-bond acceptors (Lipinski definition) is 3. The first kappa shape index (κ1) is 14.4. The highest BCUT2D eigenvalue weighted by atomic mass is 35.5. The molecule has 0 spiro atoms. The molecule has 19 heavy (non-hydrogen) atoms. The topological polar surface area (TPSA) is 12.5 Å². The SMILES string of the molecule is CN(C)CCC(Oc1ccc(Cl)cc1)c1cccs1. The monoisotopic (exact) mass is 295 g/mol. The van der Waals surface area contributed by atoms with Crippen molar-refractivity contribution in [3.8, 4) is 5.75 Å². The molecule has 0 aliphatic rings. The Morgan fingerprint density at radius 2 is 1.95 bits per heavy atom. The average Bonchev–Trinajstić information content (AvgIpc) is 2.90. The molecule has 0 saturated heterocycles. The molecule has 2 aromatic rings. The first-order chi connectivity index (χ1) is 9.15. The smallest absolute Gasteiger partial charge is 0.134 e. The van der Waals surface area contributed by atoms with Crippen molar-refractivity contribution >= 4 is 22.9 Å². The van der Waals surface area contributed by atoms with Crippen LogP contribution < -0.4 is 4.74 Å². The van der Waals surface area contributed by atoms with E-state index >= 15 is 0 Å². The zero-order chi connectivity index (χ0) is 13.7. The van der Waals surface area contributed by atoms with Gasteiger partial charge in [-0.2, -0.15) is 0 Å². The van der Waals surface area contributed by atoms with Crippen molar-refractivity contribution in [2.75, 3.05) is 20.6 Å². The maximum Gasteiger partial charge on any atom is 0.134 e. The van der Waals surface area contributed by atoms with Crippen LogP contribution in [0.2, 0.25) is 5.02 Å². The van der Waals surface area contributed by atoms with Gasteiger partial charge in [-0.15, -0.1) is 11.3 Å². The van der Waals surface area contributed by atoms with E-state index in [0.717, 1.165) is 23.7 Å². The quantitative estimate of drug-likeness (QED) is 0.779. The minimum absolute atomic E-state index is 0.101. The van der Waals surface area contributed by atoms with Gasteiger partial charge in [0, 0.05) is 22.9 Å². The Bertz CT molecular complexity index is 481. The molecule has 0 fully saturated rings. The first-order valence-corrected chi connectivity index (χ1v) is 7.51. The van der Waals surface area contributed by atoms with Crippen molar-refractivity contribution in [3.05, 3.63) is 51.7 Å². The van der Waals surface area contributed by atoms with Crippen LogP contribution in [0.25, 0.3) is 0 Å². The van der Waals surface area contributed by atoms with Crippen LogP contribution in [-0.4, -0.2) is 25.5 Å². The van der Waals surface area contributed by atoms with Crippen molar-refractivity contribution in [2.24, 2.45) is 0 Å². The maximum atomic E-state index is 6.09. The summed E-state index contributed by atoms with van der Waals surface area (Å²) < 4.78 is 6.09. The molecule has 102 valence electrons. The Morgan fingerprint density at radius 3 is 2.53 bits per heavy atom. The van der Waals surface area contributed by atoms with E-state index < -0.39 is 0 Å². The molecule has 0 aliphatic carbocycles. The molecule has 0 amide bonds. The van der Waals surface area contributed by atoms with E-state index in [9.17, 15) is 0 Å². The second-order valence-corrected chi connectivity index (χ2v) is 6.08. The van der Waals surface area contributed by atoms with Crippen LogP contribution in [-0.2, 0) is 0 Å². The summed E-state index contributed by atoms with van der Waals surface area (Å²) in [6.07, 6.45) is 1.07. The summed E-state index contributed by atoms with van der Waals surface area (Å²) >= 11 is 7.63. The predicted molar refractivity (Wildman–Crippen MR) is 82.3 cm³/mol. The van der Waals surface area contributed by atoms with Gasteiger partial charge >= 0.3 is 0 Å². The number of nitrogens with zero attached hydrogens (tertiary/aromatic N) is 1. The highest BCUT2D eigenvalue weighted by Gasteiger charge is 2.14. The van der Waals surface area contributed by atoms with Crippen molar-refractivity contribution in [1.82, 2.24) is 4.90 Å². The van der Waals surface area contributed by atoms with Crippen molar-refractivity contribution in [2.45, 2.75) is 12.5 Å². The molecule has 0 aliphatic heterocycles. The molecule has 1 atom stereocenters. The number of benzene rings is 1. The second-order valence-electron chi connectivity index (χ2n) is 4.67. The molecule has 1 aromatic carbocycles. The van der Waals surface area contributed by atoms with Gasteiger partial charge in [0.05, 0.1) is 0 Å². The summed E-state index contributed by atoms with van der Waals surface area (Å²) in [6, 6.07) is 11.7. The summed E-state index contributed by atoms with van der Waals surface area (Å²) in [6.45, 7) is 0.996. The van der Waals surface area contributed by atoms with Crippen LogP contribution in [0, 0.1) is 0 Å². The van der Waals surface area contributed by atoms with Gasteiger partial charge in [-0.3, -0.25) is 0 Å². The standard InChI is InChI=1S/C15H18ClNOS/c1-17(2)10-9-14(15-4-3-11-19-15)18-13-7-5-12(16)6-8-13/h3-8,11,14H,9-10H2,1-2H3. The van der Waals surface area contributed by atoms with Gasteiger partial charge in [0.25, 0.3) is 0 Å². The Labute approximate surface area is 123 Å². The van der Waals surface area contributed by atoms with Gasteiger partial charge in [0.1, 0.15) is 11.9 Å². The van der Waals surface area contributed by atoms with E-state index in [4.69, 9.17) is 16.3 Å². The third-order valence-corrected chi connectivity index (χ3v) is 4.01. The third-order valence-electron chi connectivity index (χ3n) is 2.79. The highest BCUT2D eigenvalue weighted by molar-refractivity contribution is 7.10. The van der Waals surface area contributed by atoms with Crippen LogP contribution in [0.15, 0.2) is 41.8 Å². The average molecular weight is 296 g/mol. The van der Waals surface area contributed by atoms with Crippen molar-refractivity contribution in [1.29, 1.82) is 0 Å². The molecule has 0 saturated carbocycles. The molecule has 2 rings (SSSR count). The van der Waals surface area contributed by atoms with Gasteiger partial charge in [-0.1, -0.05) is 17.7 Å². The summed E-state index contributed by atoms with van der Waals surface area (Å²) in [4.78, 5) is 3.43. The largest absolute Gasteiger partial charge is 0.485 e. The number of ether oxygens (including phenoxy) is 1. The van der Waals surface area contributed by atoms with Crippen LogP contribution in [0.5, 0.6) is 5.75 Å². The normalized spacial score (nSPS) is 12.6. The lowest BCUT2D eigenvalue weighted by molar-refractivity contribution is 0.183. The molecular weight excluding hydrogens is 278 g/mol. The van der Waals surface area contributed by atoms with Crippen molar-refractivity contribution < 1.29 is 4.74 Å². The lowest BCUT2D eigenvalue weighted by atomic mass is 10.2. The Morgan fingerprint density at radius 1 is 1.21 bits per heavy atom. The number of halogens is 1. The summed E-state index contributed by atoms with van der Waals surface area (Å²) in [5, 5.41) is 2.82. The fraction of sp³-hybridized carbons (Fsp3) is 0.333. The molecule has 0 N–H and O–H groups in total. The van der Waals surface area contributed by atoms with Gasteiger partial charge in [0.2, 0.25) is 0 Å². The van der Waals surface area contributed by atoms with Gasteiger partial charge in [-0.05, 0) is 49.8 Å². The van der Waals surface area contributed by atoms with E-state index in [2.05, 4.69) is 36.5 Å². The molecule has 1 heterocycles. The summed E-state index contributed by atoms with van der Waals surface area (Å²) in [5.74, 6) is 0.863. The zero-order valence-corrected chi connectivity index (χ0v) is 12.7. The van der Waals surface area contributed by atoms with Crippen LogP contribution in [0.1, 0.15) is 17.4 Å². The number of rotatable bonds is 6.